The van der Waals surface area contributed by atoms with Crippen molar-refractivity contribution in [1.82, 2.24) is 15.1 Å². The lowest BCUT2D eigenvalue weighted by atomic mass is 10.0. The summed E-state index contributed by atoms with van der Waals surface area (Å²) < 4.78 is 6.74. The maximum absolute atomic E-state index is 12.9. The van der Waals surface area contributed by atoms with Crippen LogP contribution in [-0.2, 0) is 4.79 Å². The Hall–Kier alpha value is -4.14. The predicted molar refractivity (Wildman–Crippen MR) is 120 cm³/mol. The zero-order chi connectivity index (χ0) is 23.3. The largest absolute Gasteiger partial charge is 0.496 e. The lowest BCUT2D eigenvalue weighted by Gasteiger charge is -2.22. The molecule has 1 heterocycles. The number of nitrogens with one attached hydrogen (secondary N) is 2. The number of carbonyl (C=O) groups is 3. The van der Waals surface area contributed by atoms with Gasteiger partial charge in [0, 0.05) is 11.9 Å². The molecule has 0 spiro atoms. The van der Waals surface area contributed by atoms with E-state index in [-0.39, 0.29) is 17.5 Å². The number of nitrogens with zero attached hydrogens (tertiary/aromatic N) is 2. The first kappa shape index (κ1) is 22.5. The van der Waals surface area contributed by atoms with Crippen LogP contribution in [0.2, 0.25) is 0 Å². The third kappa shape index (κ3) is 5.12. The minimum atomic E-state index is -0.753. The van der Waals surface area contributed by atoms with Crippen molar-refractivity contribution in [2.24, 2.45) is 11.7 Å². The van der Waals surface area contributed by atoms with E-state index in [2.05, 4.69) is 15.7 Å². The number of aromatic nitrogens is 2. The molecule has 4 N–H and O–H groups in total. The third-order valence-electron chi connectivity index (χ3n) is 4.83. The van der Waals surface area contributed by atoms with Crippen LogP contribution in [0.25, 0.3) is 5.69 Å². The van der Waals surface area contributed by atoms with Crippen LogP contribution in [0.3, 0.4) is 0 Å². The summed E-state index contributed by atoms with van der Waals surface area (Å²) in [6, 6.07) is 14.5. The molecule has 2 aromatic carbocycles. The van der Waals surface area contributed by atoms with Crippen LogP contribution in [-0.4, -0.2) is 40.7 Å². The van der Waals surface area contributed by atoms with Crippen LogP contribution in [0.1, 0.15) is 34.7 Å². The summed E-state index contributed by atoms with van der Waals surface area (Å²) in [7, 11) is 1.49. The van der Waals surface area contributed by atoms with Crippen LogP contribution in [0.5, 0.6) is 5.75 Å². The standard InChI is InChI=1S/C23H25N5O4/c1-14(2)20(26-22(30)17-6-4-5-7-19(17)32-3)23(31)25-15-8-10-16(11-9-15)28-13-12-18(27-28)21(24)29/h4-14,20H,1-3H3,(H2,24,29)(H,25,31)(H,26,30). The summed E-state index contributed by atoms with van der Waals surface area (Å²) in [5.74, 6) is -1.06. The molecule has 3 rings (SSSR count). The summed E-state index contributed by atoms with van der Waals surface area (Å²) in [6.45, 7) is 3.70. The van der Waals surface area contributed by atoms with E-state index in [1.165, 1.54) is 17.9 Å². The van der Waals surface area contributed by atoms with Crippen molar-refractivity contribution in [3.63, 3.8) is 0 Å². The van der Waals surface area contributed by atoms with E-state index in [0.29, 0.717) is 22.7 Å². The molecule has 0 aliphatic rings. The highest BCUT2D eigenvalue weighted by atomic mass is 16.5. The van der Waals surface area contributed by atoms with E-state index in [4.69, 9.17) is 10.5 Å². The SMILES string of the molecule is COc1ccccc1C(=O)NC(C(=O)Nc1ccc(-n2ccc(C(N)=O)n2)cc1)C(C)C. The molecule has 0 saturated carbocycles. The minimum Gasteiger partial charge on any atom is -0.496 e. The Morgan fingerprint density at radius 1 is 1.03 bits per heavy atom. The summed E-state index contributed by atoms with van der Waals surface area (Å²) in [5.41, 5.74) is 6.99. The Morgan fingerprint density at radius 3 is 2.31 bits per heavy atom. The second-order valence-electron chi connectivity index (χ2n) is 7.44. The van der Waals surface area contributed by atoms with Gasteiger partial charge in [-0.2, -0.15) is 5.10 Å². The maximum atomic E-state index is 12.9. The van der Waals surface area contributed by atoms with Gasteiger partial charge in [-0.25, -0.2) is 4.68 Å². The predicted octanol–water partition coefficient (Wildman–Crippen LogP) is 2.37. The Labute approximate surface area is 185 Å². The van der Waals surface area contributed by atoms with Crippen molar-refractivity contribution < 1.29 is 19.1 Å². The Balaban J connectivity index is 1.70. The Kier molecular flexibility index (Phi) is 6.89. The Morgan fingerprint density at radius 2 is 1.72 bits per heavy atom. The van der Waals surface area contributed by atoms with Gasteiger partial charge in [0.15, 0.2) is 0 Å². The average Bonchev–Trinajstić information content (AvgIpc) is 3.28. The van der Waals surface area contributed by atoms with Crippen molar-refractivity contribution in [2.75, 3.05) is 12.4 Å². The van der Waals surface area contributed by atoms with Crippen LogP contribution in [0, 0.1) is 5.92 Å². The van der Waals surface area contributed by atoms with Crippen LogP contribution in [0.15, 0.2) is 60.8 Å². The average molecular weight is 435 g/mol. The molecule has 0 bridgehead atoms. The molecule has 9 nitrogen and oxygen atoms in total. The van der Waals surface area contributed by atoms with Gasteiger partial charge in [-0.3, -0.25) is 14.4 Å². The number of amides is 3. The van der Waals surface area contributed by atoms with E-state index in [9.17, 15) is 14.4 Å². The van der Waals surface area contributed by atoms with Crippen molar-refractivity contribution in [3.8, 4) is 11.4 Å². The first-order chi connectivity index (χ1) is 15.3. The van der Waals surface area contributed by atoms with Gasteiger partial charge in [0.1, 0.15) is 17.5 Å². The Bertz CT molecular complexity index is 1120. The molecule has 0 saturated heterocycles. The highest BCUT2D eigenvalue weighted by Gasteiger charge is 2.26. The van der Waals surface area contributed by atoms with Gasteiger partial charge < -0.3 is 21.1 Å². The molecule has 0 aliphatic carbocycles. The molecule has 1 aromatic heterocycles. The smallest absolute Gasteiger partial charge is 0.269 e. The quantitative estimate of drug-likeness (QED) is 0.500. The van der Waals surface area contributed by atoms with E-state index in [1.54, 1.807) is 54.7 Å². The number of methoxy groups -OCH3 is 1. The number of rotatable bonds is 8. The van der Waals surface area contributed by atoms with Gasteiger partial charge in [0.05, 0.1) is 18.4 Å². The number of anilines is 1. The third-order valence-corrected chi connectivity index (χ3v) is 4.83. The number of primary amides is 1. The molecule has 9 heteroatoms. The number of nitrogens with two attached hydrogens (primary N) is 1. The summed E-state index contributed by atoms with van der Waals surface area (Å²) in [6.07, 6.45) is 1.62. The fourth-order valence-electron chi connectivity index (χ4n) is 3.10. The molecule has 1 unspecified atom stereocenters. The van der Waals surface area contributed by atoms with Gasteiger partial charge in [0.2, 0.25) is 5.91 Å². The highest BCUT2D eigenvalue weighted by molar-refractivity contribution is 6.02. The highest BCUT2D eigenvalue weighted by Crippen LogP contribution is 2.19. The molecule has 0 fully saturated rings. The molecular weight excluding hydrogens is 410 g/mol. The molecule has 0 aliphatic heterocycles. The lowest BCUT2D eigenvalue weighted by molar-refractivity contribution is -0.118. The second-order valence-corrected chi connectivity index (χ2v) is 7.44. The van der Waals surface area contributed by atoms with Gasteiger partial charge >= 0.3 is 0 Å². The van der Waals surface area contributed by atoms with E-state index < -0.39 is 17.9 Å². The van der Waals surface area contributed by atoms with E-state index in [1.807, 2.05) is 13.8 Å². The van der Waals surface area contributed by atoms with Crippen LogP contribution in [0.4, 0.5) is 5.69 Å². The van der Waals surface area contributed by atoms with Gasteiger partial charge in [0.25, 0.3) is 11.8 Å². The number of carbonyl (C=O) groups excluding carboxylic acids is 3. The molecular formula is C23H25N5O4. The number of hydrogen-bond donors (Lipinski definition) is 3. The molecule has 166 valence electrons. The van der Waals surface area contributed by atoms with Crippen molar-refractivity contribution in [1.29, 1.82) is 0 Å². The maximum Gasteiger partial charge on any atom is 0.269 e. The van der Waals surface area contributed by atoms with Crippen molar-refractivity contribution in [2.45, 2.75) is 19.9 Å². The topological polar surface area (TPSA) is 128 Å². The number of hydrogen-bond acceptors (Lipinski definition) is 5. The minimum absolute atomic E-state index is 0.149. The fraction of sp³-hybridized carbons (Fsp3) is 0.217. The van der Waals surface area contributed by atoms with E-state index >= 15 is 0 Å². The molecule has 0 radical (unpaired) electrons. The number of para-hydroxylation sites is 1. The number of benzene rings is 2. The first-order valence-electron chi connectivity index (χ1n) is 10.0. The normalized spacial score (nSPS) is 11.6. The molecule has 3 amide bonds. The summed E-state index contributed by atoms with van der Waals surface area (Å²) in [5, 5.41) is 9.71. The van der Waals surface area contributed by atoms with Crippen molar-refractivity contribution >= 4 is 23.4 Å². The molecule has 3 aromatic rings. The summed E-state index contributed by atoms with van der Waals surface area (Å²) in [4.78, 5) is 36.8. The fourth-order valence-corrected chi connectivity index (χ4v) is 3.10. The zero-order valence-electron chi connectivity index (χ0n) is 18.0. The summed E-state index contributed by atoms with van der Waals surface area (Å²) >= 11 is 0. The van der Waals surface area contributed by atoms with Crippen LogP contribution >= 0.6 is 0 Å². The van der Waals surface area contributed by atoms with Crippen molar-refractivity contribution in [3.05, 3.63) is 72.1 Å². The van der Waals surface area contributed by atoms with Crippen LogP contribution < -0.4 is 21.1 Å². The first-order valence-corrected chi connectivity index (χ1v) is 10.0. The number of ether oxygens (including phenoxy) is 1. The lowest BCUT2D eigenvalue weighted by Crippen LogP contribution is -2.47. The second kappa shape index (κ2) is 9.78. The van der Waals surface area contributed by atoms with Gasteiger partial charge in [-0.15, -0.1) is 0 Å². The molecule has 32 heavy (non-hydrogen) atoms. The monoisotopic (exact) mass is 435 g/mol. The van der Waals surface area contributed by atoms with Gasteiger partial charge in [-0.05, 0) is 48.4 Å². The molecule has 1 atom stereocenters. The zero-order valence-corrected chi connectivity index (χ0v) is 18.0. The van der Waals surface area contributed by atoms with E-state index in [0.717, 1.165) is 0 Å². The van der Waals surface area contributed by atoms with Gasteiger partial charge in [-0.1, -0.05) is 26.0 Å².